The molecule has 2 fully saturated rings. The number of carbonyl (C=O) groups is 1. The van der Waals surface area contributed by atoms with Crippen molar-refractivity contribution in [2.45, 2.75) is 24.9 Å². The van der Waals surface area contributed by atoms with Crippen LogP contribution >= 0.6 is 0 Å². The number of hydrogen-bond acceptors (Lipinski definition) is 4. The molecule has 3 aliphatic rings. The van der Waals surface area contributed by atoms with Crippen LogP contribution in [0.15, 0.2) is 42.5 Å². The van der Waals surface area contributed by atoms with Crippen LogP contribution in [0.2, 0.25) is 0 Å². The maximum Gasteiger partial charge on any atom is 0.229 e. The van der Waals surface area contributed by atoms with Crippen molar-refractivity contribution in [1.29, 1.82) is 0 Å². The fourth-order valence-electron chi connectivity index (χ4n) is 4.82. The zero-order valence-corrected chi connectivity index (χ0v) is 15.9. The third-order valence-corrected chi connectivity index (χ3v) is 6.37. The van der Waals surface area contributed by atoms with Crippen molar-refractivity contribution in [1.82, 2.24) is 15.8 Å². The van der Waals surface area contributed by atoms with Gasteiger partial charge in [-0.3, -0.25) is 10.2 Å². The molecule has 3 aliphatic heterocycles. The Balaban J connectivity index is 1.32. The van der Waals surface area contributed by atoms with Gasteiger partial charge in [0.25, 0.3) is 0 Å². The summed E-state index contributed by atoms with van der Waals surface area (Å²) >= 11 is 0. The number of hydrazine groups is 1. The monoisotopic (exact) mass is 399 g/mol. The van der Waals surface area contributed by atoms with Crippen molar-refractivity contribution in [3.8, 4) is 5.75 Å². The maximum atomic E-state index is 14.4. The standard InChI is InChI=1S/C22H23F2N3O2/c23-17-6-3-5-15(20(17)24)21-16-11-27(9-8-18(16)25-26-21)22(28)14-10-13-4-1-2-7-19(13)29-12-14/h1-7,14,16,18,21,25-26H,8-12H2. The van der Waals surface area contributed by atoms with E-state index in [1.807, 2.05) is 29.2 Å². The van der Waals surface area contributed by atoms with Crippen LogP contribution < -0.4 is 15.6 Å². The first-order chi connectivity index (χ1) is 14.1. The molecule has 29 heavy (non-hydrogen) atoms. The fourth-order valence-corrected chi connectivity index (χ4v) is 4.82. The van der Waals surface area contributed by atoms with Gasteiger partial charge in [0.1, 0.15) is 12.4 Å². The van der Waals surface area contributed by atoms with Crippen molar-refractivity contribution in [2.24, 2.45) is 11.8 Å². The topological polar surface area (TPSA) is 53.6 Å². The van der Waals surface area contributed by atoms with Gasteiger partial charge in [-0.1, -0.05) is 30.3 Å². The van der Waals surface area contributed by atoms with E-state index in [0.29, 0.717) is 31.7 Å². The SMILES string of the molecule is O=C(C1COc2ccccc2C1)N1CCC2NNC(c3cccc(F)c3F)C2C1. The lowest BCUT2D eigenvalue weighted by Gasteiger charge is -2.38. The molecular weight excluding hydrogens is 376 g/mol. The number of amides is 1. The van der Waals surface area contributed by atoms with E-state index in [0.717, 1.165) is 23.8 Å². The van der Waals surface area contributed by atoms with Crippen LogP contribution in [0.1, 0.15) is 23.6 Å². The zero-order chi connectivity index (χ0) is 20.0. The maximum absolute atomic E-state index is 14.4. The van der Waals surface area contributed by atoms with Gasteiger partial charge >= 0.3 is 0 Å². The summed E-state index contributed by atoms with van der Waals surface area (Å²) in [7, 11) is 0. The number of hydrogen-bond donors (Lipinski definition) is 2. The Morgan fingerprint density at radius 1 is 1.10 bits per heavy atom. The van der Waals surface area contributed by atoms with Crippen molar-refractivity contribution in [3.63, 3.8) is 0 Å². The molecule has 5 nitrogen and oxygen atoms in total. The highest BCUT2D eigenvalue weighted by molar-refractivity contribution is 5.80. The molecule has 2 saturated heterocycles. The fraction of sp³-hybridized carbons (Fsp3) is 0.409. The van der Waals surface area contributed by atoms with Gasteiger partial charge in [0, 0.05) is 30.6 Å². The van der Waals surface area contributed by atoms with E-state index in [1.165, 1.54) is 6.07 Å². The Labute approximate surface area is 168 Å². The van der Waals surface area contributed by atoms with Gasteiger partial charge in [-0.05, 0) is 30.5 Å². The van der Waals surface area contributed by atoms with E-state index >= 15 is 0 Å². The van der Waals surface area contributed by atoms with Gasteiger partial charge in [0.2, 0.25) is 5.91 Å². The van der Waals surface area contributed by atoms with E-state index in [-0.39, 0.29) is 29.8 Å². The molecule has 0 aliphatic carbocycles. The van der Waals surface area contributed by atoms with E-state index in [1.54, 1.807) is 6.07 Å². The van der Waals surface area contributed by atoms with Crippen molar-refractivity contribution in [2.75, 3.05) is 19.7 Å². The first-order valence-electron chi connectivity index (χ1n) is 10.1. The van der Waals surface area contributed by atoms with E-state index in [9.17, 15) is 13.6 Å². The number of likely N-dealkylation sites (tertiary alicyclic amines) is 1. The average Bonchev–Trinajstić information content (AvgIpc) is 3.18. The van der Waals surface area contributed by atoms with Crippen LogP contribution in [0.4, 0.5) is 8.78 Å². The lowest BCUT2D eigenvalue weighted by Crippen LogP contribution is -2.50. The molecule has 2 aromatic carbocycles. The number of rotatable bonds is 2. The summed E-state index contributed by atoms with van der Waals surface area (Å²) < 4.78 is 33.9. The molecule has 0 spiro atoms. The van der Waals surface area contributed by atoms with Gasteiger partial charge < -0.3 is 9.64 Å². The number of halogens is 2. The number of benzene rings is 2. The largest absolute Gasteiger partial charge is 0.492 e. The molecule has 0 aromatic heterocycles. The minimum Gasteiger partial charge on any atom is -0.492 e. The predicted octanol–water partition coefficient (Wildman–Crippen LogP) is 2.58. The van der Waals surface area contributed by atoms with Gasteiger partial charge in [-0.2, -0.15) is 0 Å². The van der Waals surface area contributed by atoms with Crippen LogP contribution in [0.25, 0.3) is 0 Å². The van der Waals surface area contributed by atoms with Crippen molar-refractivity contribution < 1.29 is 18.3 Å². The molecule has 152 valence electrons. The van der Waals surface area contributed by atoms with Gasteiger partial charge in [0.15, 0.2) is 11.6 Å². The first kappa shape index (κ1) is 18.5. The molecule has 1 amide bonds. The Bertz CT molecular complexity index is 938. The summed E-state index contributed by atoms with van der Waals surface area (Å²) in [4.78, 5) is 15.0. The third kappa shape index (κ3) is 3.28. The van der Waals surface area contributed by atoms with Crippen molar-refractivity contribution >= 4 is 5.91 Å². The highest BCUT2D eigenvalue weighted by Crippen LogP contribution is 2.36. The number of piperidine rings is 1. The third-order valence-electron chi connectivity index (χ3n) is 6.37. The molecule has 4 unspecified atom stereocenters. The van der Waals surface area contributed by atoms with Crippen LogP contribution in [0.5, 0.6) is 5.75 Å². The smallest absolute Gasteiger partial charge is 0.229 e. The quantitative estimate of drug-likeness (QED) is 0.815. The Morgan fingerprint density at radius 2 is 1.97 bits per heavy atom. The summed E-state index contributed by atoms with van der Waals surface area (Å²) in [6.07, 6.45) is 1.43. The van der Waals surface area contributed by atoms with E-state index in [2.05, 4.69) is 10.9 Å². The molecular formula is C22H23F2N3O2. The predicted molar refractivity (Wildman–Crippen MR) is 103 cm³/mol. The number of nitrogens with one attached hydrogen (secondary N) is 2. The second kappa shape index (κ2) is 7.39. The summed E-state index contributed by atoms with van der Waals surface area (Å²) in [6.45, 7) is 1.52. The number of para-hydroxylation sites is 1. The molecule has 0 bridgehead atoms. The molecule has 4 atom stereocenters. The second-order valence-corrected chi connectivity index (χ2v) is 8.07. The lowest BCUT2D eigenvalue weighted by molar-refractivity contribution is -0.139. The van der Waals surface area contributed by atoms with E-state index < -0.39 is 11.6 Å². The van der Waals surface area contributed by atoms with E-state index in [4.69, 9.17) is 4.74 Å². The van der Waals surface area contributed by atoms with Gasteiger partial charge in [-0.25, -0.2) is 14.2 Å². The molecule has 7 heteroatoms. The second-order valence-electron chi connectivity index (χ2n) is 8.07. The summed E-state index contributed by atoms with van der Waals surface area (Å²) in [5.41, 5.74) is 7.67. The number of nitrogens with zero attached hydrogens (tertiary/aromatic N) is 1. The normalized spacial score (nSPS) is 28.4. The lowest BCUT2D eigenvalue weighted by atomic mass is 9.84. The minimum absolute atomic E-state index is 0.0270. The molecule has 3 heterocycles. The molecule has 2 aromatic rings. The van der Waals surface area contributed by atoms with Crippen LogP contribution in [0, 0.1) is 23.5 Å². The highest BCUT2D eigenvalue weighted by atomic mass is 19.2. The molecule has 0 radical (unpaired) electrons. The van der Waals surface area contributed by atoms with Gasteiger partial charge in [-0.15, -0.1) is 0 Å². The van der Waals surface area contributed by atoms with Crippen LogP contribution in [-0.4, -0.2) is 36.5 Å². The van der Waals surface area contributed by atoms with Crippen LogP contribution in [-0.2, 0) is 11.2 Å². The summed E-state index contributed by atoms with van der Waals surface area (Å²) in [5.74, 6) is -0.999. The Morgan fingerprint density at radius 3 is 2.86 bits per heavy atom. The Hall–Kier alpha value is -2.51. The zero-order valence-electron chi connectivity index (χ0n) is 15.9. The summed E-state index contributed by atoms with van der Waals surface area (Å²) in [5, 5.41) is 0. The Kier molecular flexibility index (Phi) is 4.72. The molecule has 5 rings (SSSR count). The molecule has 2 N–H and O–H groups in total. The highest BCUT2D eigenvalue weighted by Gasteiger charge is 2.43. The number of ether oxygens (including phenoxy) is 1. The first-order valence-corrected chi connectivity index (χ1v) is 10.1. The van der Waals surface area contributed by atoms with Crippen molar-refractivity contribution in [3.05, 3.63) is 65.2 Å². The number of fused-ring (bicyclic) bond motifs is 2. The van der Waals surface area contributed by atoms with Gasteiger partial charge in [0.05, 0.1) is 12.0 Å². The minimum atomic E-state index is -0.852. The number of carbonyl (C=O) groups excluding carboxylic acids is 1. The summed E-state index contributed by atoms with van der Waals surface area (Å²) in [6, 6.07) is 11.8. The average molecular weight is 399 g/mol. The van der Waals surface area contributed by atoms with Crippen LogP contribution in [0.3, 0.4) is 0 Å². The molecule has 0 saturated carbocycles.